The molecule has 1 aromatic carbocycles. The third-order valence-corrected chi connectivity index (χ3v) is 5.06. The third-order valence-electron chi connectivity index (χ3n) is 5.06. The second-order valence-corrected chi connectivity index (χ2v) is 6.95. The van der Waals surface area contributed by atoms with Crippen LogP contribution in [0.1, 0.15) is 36.7 Å². The lowest BCUT2D eigenvalue weighted by Gasteiger charge is -2.32. The largest absolute Gasteiger partial charge is 0.379 e. The van der Waals surface area contributed by atoms with Crippen LogP contribution < -0.4 is 5.32 Å². The Kier molecular flexibility index (Phi) is 5.71. The number of hydrogen-bond donors (Lipinski definition) is 2. The number of carbonyl (C=O) groups is 1. The van der Waals surface area contributed by atoms with Crippen LogP contribution in [0.4, 0.5) is 0 Å². The Morgan fingerprint density at radius 2 is 2.04 bits per heavy atom. The van der Waals surface area contributed by atoms with Crippen LogP contribution in [0, 0.1) is 13.8 Å². The highest BCUT2D eigenvalue weighted by Crippen LogP contribution is 2.17. The first-order chi connectivity index (χ1) is 12.0. The van der Waals surface area contributed by atoms with Crippen LogP contribution in [0.2, 0.25) is 0 Å². The number of benzene rings is 1. The molecule has 136 valence electrons. The molecule has 3 rings (SSSR count). The molecule has 25 heavy (non-hydrogen) atoms. The number of aromatic nitrogens is 2. The minimum Gasteiger partial charge on any atom is -0.379 e. The Labute approximate surface area is 149 Å². The van der Waals surface area contributed by atoms with Gasteiger partial charge in [-0.05, 0) is 50.5 Å². The Hall–Kier alpha value is -1.92. The number of ether oxygens (including phenoxy) is 1. The van der Waals surface area contributed by atoms with E-state index in [1.165, 1.54) is 11.1 Å². The summed E-state index contributed by atoms with van der Waals surface area (Å²) in [5.41, 5.74) is 4.44. The van der Waals surface area contributed by atoms with E-state index in [4.69, 9.17) is 4.74 Å². The van der Waals surface area contributed by atoms with E-state index in [0.29, 0.717) is 19.0 Å². The van der Waals surface area contributed by atoms with Crippen molar-refractivity contribution >= 4 is 16.9 Å². The summed E-state index contributed by atoms with van der Waals surface area (Å²) in [6.45, 7) is 10.3. The summed E-state index contributed by atoms with van der Waals surface area (Å²) in [5.74, 6) is 0.877. The maximum absolute atomic E-state index is 12.1. The van der Waals surface area contributed by atoms with Gasteiger partial charge in [0.1, 0.15) is 5.82 Å². The van der Waals surface area contributed by atoms with E-state index in [9.17, 15) is 4.79 Å². The first-order valence-electron chi connectivity index (χ1n) is 9.07. The summed E-state index contributed by atoms with van der Waals surface area (Å²) in [5, 5.41) is 2.97. The summed E-state index contributed by atoms with van der Waals surface area (Å²) in [7, 11) is 0. The Morgan fingerprint density at radius 3 is 2.80 bits per heavy atom. The van der Waals surface area contributed by atoms with Crippen molar-refractivity contribution in [1.29, 1.82) is 0 Å². The summed E-state index contributed by atoms with van der Waals surface area (Å²) >= 11 is 0. The molecule has 0 radical (unpaired) electrons. The number of nitrogens with one attached hydrogen (secondary N) is 2. The fourth-order valence-corrected chi connectivity index (χ4v) is 3.22. The summed E-state index contributed by atoms with van der Waals surface area (Å²) in [4.78, 5) is 22.4. The van der Waals surface area contributed by atoms with Gasteiger partial charge in [0.15, 0.2) is 0 Å². The molecule has 1 aromatic heterocycles. The SMILES string of the molecule is Cc1cc2nc(CNC(=O)CCC(C)N3CCOCC3)[nH]c2cc1C. The van der Waals surface area contributed by atoms with Crippen LogP contribution in [-0.4, -0.2) is 53.1 Å². The maximum Gasteiger partial charge on any atom is 0.220 e. The normalized spacial score (nSPS) is 16.9. The van der Waals surface area contributed by atoms with E-state index in [1.807, 2.05) is 0 Å². The second kappa shape index (κ2) is 7.97. The highest BCUT2D eigenvalue weighted by Gasteiger charge is 2.17. The maximum atomic E-state index is 12.1. The number of aryl methyl sites for hydroxylation is 2. The topological polar surface area (TPSA) is 70.2 Å². The average molecular weight is 344 g/mol. The Bertz CT molecular complexity index is 695. The van der Waals surface area contributed by atoms with E-state index in [-0.39, 0.29) is 5.91 Å². The van der Waals surface area contributed by atoms with Gasteiger partial charge in [-0.1, -0.05) is 0 Å². The summed E-state index contributed by atoms with van der Waals surface area (Å²) in [6, 6.07) is 4.59. The van der Waals surface area contributed by atoms with Gasteiger partial charge in [-0.15, -0.1) is 0 Å². The van der Waals surface area contributed by atoms with Gasteiger partial charge < -0.3 is 15.0 Å². The third kappa shape index (κ3) is 4.58. The standard InChI is InChI=1S/C19H28N4O2/c1-13-10-16-17(11-14(13)2)22-18(21-16)12-20-19(24)5-4-15(3)23-6-8-25-9-7-23/h10-11,15H,4-9,12H2,1-3H3,(H,20,24)(H,21,22). The van der Waals surface area contributed by atoms with E-state index in [1.54, 1.807) is 0 Å². The number of fused-ring (bicyclic) bond motifs is 1. The van der Waals surface area contributed by atoms with Crippen LogP contribution in [-0.2, 0) is 16.1 Å². The number of hydrogen-bond acceptors (Lipinski definition) is 4. The van der Waals surface area contributed by atoms with Gasteiger partial charge in [-0.2, -0.15) is 0 Å². The molecule has 0 aliphatic carbocycles. The summed E-state index contributed by atoms with van der Waals surface area (Å²) in [6.07, 6.45) is 1.40. The van der Waals surface area contributed by atoms with Gasteiger partial charge >= 0.3 is 0 Å². The van der Waals surface area contributed by atoms with Crippen molar-refractivity contribution in [3.8, 4) is 0 Å². The van der Waals surface area contributed by atoms with Gasteiger partial charge in [0.25, 0.3) is 0 Å². The number of rotatable bonds is 6. The number of imidazole rings is 1. The second-order valence-electron chi connectivity index (χ2n) is 6.95. The lowest BCUT2D eigenvalue weighted by molar-refractivity contribution is -0.121. The molecular weight excluding hydrogens is 316 g/mol. The van der Waals surface area contributed by atoms with Gasteiger partial charge in [-0.25, -0.2) is 4.98 Å². The van der Waals surface area contributed by atoms with E-state index < -0.39 is 0 Å². The zero-order valence-electron chi connectivity index (χ0n) is 15.4. The lowest BCUT2D eigenvalue weighted by Crippen LogP contribution is -2.42. The number of morpholine rings is 1. The molecular formula is C19H28N4O2. The molecule has 6 nitrogen and oxygen atoms in total. The number of carbonyl (C=O) groups excluding carboxylic acids is 1. The molecule has 1 fully saturated rings. The van der Waals surface area contributed by atoms with Crippen molar-refractivity contribution in [2.24, 2.45) is 0 Å². The van der Waals surface area contributed by atoms with Crippen molar-refractivity contribution in [2.75, 3.05) is 26.3 Å². The highest BCUT2D eigenvalue weighted by molar-refractivity contribution is 5.78. The van der Waals surface area contributed by atoms with Crippen molar-refractivity contribution < 1.29 is 9.53 Å². The number of amides is 1. The summed E-state index contributed by atoms with van der Waals surface area (Å²) < 4.78 is 5.37. The highest BCUT2D eigenvalue weighted by atomic mass is 16.5. The smallest absolute Gasteiger partial charge is 0.220 e. The molecule has 2 aromatic rings. The molecule has 1 saturated heterocycles. The fourth-order valence-electron chi connectivity index (χ4n) is 3.22. The van der Waals surface area contributed by atoms with Crippen LogP contribution in [0.5, 0.6) is 0 Å². The predicted molar refractivity (Wildman–Crippen MR) is 98.5 cm³/mol. The Morgan fingerprint density at radius 1 is 1.32 bits per heavy atom. The molecule has 1 atom stereocenters. The van der Waals surface area contributed by atoms with Crippen LogP contribution in [0.25, 0.3) is 11.0 Å². The van der Waals surface area contributed by atoms with Gasteiger partial charge in [0.2, 0.25) is 5.91 Å². The quantitative estimate of drug-likeness (QED) is 0.844. The van der Waals surface area contributed by atoms with Crippen LogP contribution in [0.15, 0.2) is 12.1 Å². The molecule has 0 saturated carbocycles. The van der Waals surface area contributed by atoms with Crippen LogP contribution in [0.3, 0.4) is 0 Å². The molecule has 6 heteroatoms. The van der Waals surface area contributed by atoms with E-state index >= 15 is 0 Å². The molecule has 0 bridgehead atoms. The monoisotopic (exact) mass is 344 g/mol. The van der Waals surface area contributed by atoms with Crippen LogP contribution >= 0.6 is 0 Å². The molecule has 1 aliphatic heterocycles. The molecule has 1 aliphatic rings. The number of aromatic amines is 1. The van der Waals surface area contributed by atoms with Crippen molar-refractivity contribution in [3.05, 3.63) is 29.1 Å². The van der Waals surface area contributed by atoms with Crippen molar-refractivity contribution in [3.63, 3.8) is 0 Å². The minimum absolute atomic E-state index is 0.0768. The molecule has 2 N–H and O–H groups in total. The van der Waals surface area contributed by atoms with Crippen molar-refractivity contribution in [1.82, 2.24) is 20.2 Å². The van der Waals surface area contributed by atoms with E-state index in [0.717, 1.165) is 49.6 Å². The van der Waals surface area contributed by atoms with Gasteiger partial charge in [-0.3, -0.25) is 9.69 Å². The average Bonchev–Trinajstić information content (AvgIpc) is 3.00. The first kappa shape index (κ1) is 17.9. The number of H-pyrrole nitrogens is 1. The zero-order valence-corrected chi connectivity index (χ0v) is 15.4. The lowest BCUT2D eigenvalue weighted by atomic mass is 10.1. The molecule has 0 spiro atoms. The first-order valence-corrected chi connectivity index (χ1v) is 9.07. The Balaban J connectivity index is 1.47. The minimum atomic E-state index is 0.0768. The van der Waals surface area contributed by atoms with Gasteiger partial charge in [0, 0.05) is 25.6 Å². The zero-order chi connectivity index (χ0) is 17.8. The van der Waals surface area contributed by atoms with Crippen molar-refractivity contribution in [2.45, 2.75) is 46.2 Å². The fraction of sp³-hybridized carbons (Fsp3) is 0.579. The molecule has 2 heterocycles. The predicted octanol–water partition coefficient (Wildman–Crippen LogP) is 2.30. The number of nitrogens with zero attached hydrogens (tertiary/aromatic N) is 2. The molecule has 1 unspecified atom stereocenters. The molecule has 1 amide bonds. The van der Waals surface area contributed by atoms with Gasteiger partial charge in [0.05, 0.1) is 30.8 Å². The van der Waals surface area contributed by atoms with E-state index in [2.05, 4.69) is 53.1 Å².